The van der Waals surface area contributed by atoms with E-state index in [1.807, 2.05) is 16.7 Å². The number of amides is 1. The first-order chi connectivity index (χ1) is 8.08. The van der Waals surface area contributed by atoms with E-state index in [2.05, 4.69) is 6.92 Å². The lowest BCUT2D eigenvalue weighted by Gasteiger charge is -2.31. The minimum atomic E-state index is -0.290. The number of hydrogen-bond acceptors (Lipinski definition) is 2. The Balaban J connectivity index is 2.18. The number of carbonyl (C=O) groups is 1. The minimum Gasteiger partial charge on any atom is -0.337 e. The van der Waals surface area contributed by atoms with Gasteiger partial charge in [-0.2, -0.15) is 11.8 Å². The average molecular weight is 253 g/mol. The molecule has 0 spiro atoms. The van der Waals surface area contributed by atoms with Crippen LogP contribution in [-0.4, -0.2) is 34.9 Å². The summed E-state index contributed by atoms with van der Waals surface area (Å²) in [7, 11) is 0. The van der Waals surface area contributed by atoms with Gasteiger partial charge in [0.05, 0.1) is 0 Å². The third-order valence-corrected chi connectivity index (χ3v) is 4.08. The fraction of sp³-hybridized carbons (Fsp3) is 0.462. The molecule has 2 nitrogen and oxygen atoms in total. The van der Waals surface area contributed by atoms with Gasteiger partial charge in [0.2, 0.25) is 0 Å². The molecule has 0 N–H and O–H groups in total. The molecule has 1 aliphatic rings. The third kappa shape index (κ3) is 2.80. The highest BCUT2D eigenvalue weighted by molar-refractivity contribution is 7.99. The Bertz CT molecular complexity index is 435. The maximum Gasteiger partial charge on any atom is 0.254 e. The van der Waals surface area contributed by atoms with E-state index in [9.17, 15) is 9.18 Å². The lowest BCUT2D eigenvalue weighted by Crippen LogP contribution is -2.41. The van der Waals surface area contributed by atoms with Gasteiger partial charge in [0, 0.05) is 29.7 Å². The summed E-state index contributed by atoms with van der Waals surface area (Å²) in [4.78, 5) is 14.1. The molecule has 0 radical (unpaired) electrons. The fourth-order valence-electron chi connectivity index (χ4n) is 2.04. The Morgan fingerprint density at radius 1 is 1.53 bits per heavy atom. The number of halogens is 1. The quantitative estimate of drug-likeness (QED) is 0.767. The molecule has 1 aromatic carbocycles. The molecular weight excluding hydrogens is 237 g/mol. The van der Waals surface area contributed by atoms with E-state index in [4.69, 9.17) is 0 Å². The van der Waals surface area contributed by atoms with Crippen LogP contribution in [0.5, 0.6) is 0 Å². The van der Waals surface area contributed by atoms with Crippen molar-refractivity contribution in [3.63, 3.8) is 0 Å². The zero-order valence-electron chi connectivity index (χ0n) is 10.1. The Labute approximate surface area is 105 Å². The van der Waals surface area contributed by atoms with Gasteiger partial charge in [0.1, 0.15) is 5.82 Å². The molecule has 92 valence electrons. The van der Waals surface area contributed by atoms with Gasteiger partial charge in [-0.3, -0.25) is 4.79 Å². The Hall–Kier alpha value is -1.03. The van der Waals surface area contributed by atoms with Crippen LogP contribution in [0.15, 0.2) is 18.2 Å². The zero-order valence-corrected chi connectivity index (χ0v) is 10.9. The van der Waals surface area contributed by atoms with Crippen LogP contribution in [0.25, 0.3) is 0 Å². The molecule has 1 saturated heterocycles. The highest BCUT2D eigenvalue weighted by atomic mass is 32.2. The van der Waals surface area contributed by atoms with Gasteiger partial charge in [0.15, 0.2) is 0 Å². The van der Waals surface area contributed by atoms with E-state index in [1.165, 1.54) is 12.1 Å². The number of carbonyl (C=O) groups excluding carboxylic acids is 1. The van der Waals surface area contributed by atoms with Crippen LogP contribution in [0.2, 0.25) is 0 Å². The summed E-state index contributed by atoms with van der Waals surface area (Å²) >= 11 is 1.89. The molecule has 0 aromatic heterocycles. The second-order valence-corrected chi connectivity index (χ2v) is 5.94. The lowest BCUT2D eigenvalue weighted by molar-refractivity contribution is 0.0762. The molecule has 2 rings (SSSR count). The summed E-state index contributed by atoms with van der Waals surface area (Å²) < 4.78 is 13.0. The first-order valence-corrected chi connectivity index (χ1v) is 6.80. The average Bonchev–Trinajstić information content (AvgIpc) is 2.28. The van der Waals surface area contributed by atoms with Crippen molar-refractivity contribution in [1.29, 1.82) is 0 Å². The number of hydrogen-bond donors (Lipinski definition) is 0. The van der Waals surface area contributed by atoms with E-state index in [1.54, 1.807) is 13.0 Å². The summed E-state index contributed by atoms with van der Waals surface area (Å²) in [6.45, 7) is 5.46. The van der Waals surface area contributed by atoms with Gasteiger partial charge in [-0.15, -0.1) is 0 Å². The van der Waals surface area contributed by atoms with Gasteiger partial charge in [-0.05, 0) is 30.7 Å². The second kappa shape index (κ2) is 5.08. The fourth-order valence-corrected chi connectivity index (χ4v) is 3.05. The molecule has 0 saturated carbocycles. The number of benzene rings is 1. The molecule has 1 heterocycles. The molecule has 1 aromatic rings. The van der Waals surface area contributed by atoms with Crippen molar-refractivity contribution in [2.45, 2.75) is 19.1 Å². The highest BCUT2D eigenvalue weighted by Crippen LogP contribution is 2.20. The van der Waals surface area contributed by atoms with Crippen molar-refractivity contribution in [3.05, 3.63) is 35.1 Å². The predicted octanol–water partition coefficient (Wildman–Crippen LogP) is 2.71. The van der Waals surface area contributed by atoms with Crippen molar-refractivity contribution in [2.24, 2.45) is 0 Å². The minimum absolute atomic E-state index is 0.0228. The van der Waals surface area contributed by atoms with Gasteiger partial charge in [-0.1, -0.05) is 6.92 Å². The number of aryl methyl sites for hydroxylation is 1. The zero-order chi connectivity index (χ0) is 12.4. The summed E-state index contributed by atoms with van der Waals surface area (Å²) in [6, 6.07) is 4.34. The first kappa shape index (κ1) is 12.4. The Morgan fingerprint density at radius 2 is 2.29 bits per heavy atom. The van der Waals surface area contributed by atoms with Crippen LogP contribution in [0.1, 0.15) is 22.8 Å². The number of thioether (sulfide) groups is 1. The van der Waals surface area contributed by atoms with Gasteiger partial charge in [0.25, 0.3) is 5.91 Å². The van der Waals surface area contributed by atoms with Crippen molar-refractivity contribution < 1.29 is 9.18 Å². The molecular formula is C13H16FNOS. The van der Waals surface area contributed by atoms with Crippen LogP contribution in [0.3, 0.4) is 0 Å². The molecule has 1 unspecified atom stereocenters. The molecule has 1 aliphatic heterocycles. The van der Waals surface area contributed by atoms with Crippen LogP contribution >= 0.6 is 11.8 Å². The molecule has 0 aliphatic carbocycles. The van der Waals surface area contributed by atoms with E-state index in [-0.39, 0.29) is 11.7 Å². The van der Waals surface area contributed by atoms with Crippen LogP contribution in [-0.2, 0) is 0 Å². The number of nitrogens with zero attached hydrogens (tertiary/aromatic N) is 1. The van der Waals surface area contributed by atoms with Gasteiger partial charge in [-0.25, -0.2) is 4.39 Å². The maximum atomic E-state index is 13.0. The predicted molar refractivity (Wildman–Crippen MR) is 69.0 cm³/mol. The van der Waals surface area contributed by atoms with Crippen LogP contribution in [0, 0.1) is 12.7 Å². The molecule has 1 amide bonds. The third-order valence-electron chi connectivity index (χ3n) is 2.95. The topological polar surface area (TPSA) is 20.3 Å². The van der Waals surface area contributed by atoms with Gasteiger partial charge < -0.3 is 4.90 Å². The summed E-state index contributed by atoms with van der Waals surface area (Å²) in [5, 5.41) is 0.480. The maximum absolute atomic E-state index is 13.0. The molecule has 17 heavy (non-hydrogen) atoms. The van der Waals surface area contributed by atoms with Crippen molar-refractivity contribution in [3.8, 4) is 0 Å². The van der Waals surface area contributed by atoms with Gasteiger partial charge >= 0.3 is 0 Å². The monoisotopic (exact) mass is 253 g/mol. The lowest BCUT2D eigenvalue weighted by atomic mass is 10.1. The molecule has 1 fully saturated rings. The smallest absolute Gasteiger partial charge is 0.254 e. The largest absolute Gasteiger partial charge is 0.337 e. The van der Waals surface area contributed by atoms with Crippen molar-refractivity contribution in [1.82, 2.24) is 4.90 Å². The summed E-state index contributed by atoms with van der Waals surface area (Å²) in [6.07, 6.45) is 0. The number of rotatable bonds is 1. The molecule has 1 atom stereocenters. The Morgan fingerprint density at radius 3 is 2.94 bits per heavy atom. The summed E-state index contributed by atoms with van der Waals surface area (Å²) in [5.41, 5.74) is 1.33. The van der Waals surface area contributed by atoms with Crippen molar-refractivity contribution in [2.75, 3.05) is 18.8 Å². The normalized spacial score (nSPS) is 20.4. The van der Waals surface area contributed by atoms with E-state index >= 15 is 0 Å². The second-order valence-electron chi connectivity index (χ2n) is 4.39. The summed E-state index contributed by atoms with van der Waals surface area (Å²) in [5.74, 6) is 0.712. The van der Waals surface area contributed by atoms with Crippen molar-refractivity contribution >= 4 is 17.7 Å². The van der Waals surface area contributed by atoms with E-state index in [0.29, 0.717) is 16.4 Å². The molecule has 0 bridgehead atoms. The highest BCUT2D eigenvalue weighted by Gasteiger charge is 2.23. The van der Waals surface area contributed by atoms with E-state index < -0.39 is 0 Å². The first-order valence-electron chi connectivity index (χ1n) is 5.75. The SMILES string of the molecule is Cc1cc(F)ccc1C(=O)N1CCSC(C)C1. The Kier molecular flexibility index (Phi) is 3.72. The molecule has 4 heteroatoms. The van der Waals surface area contributed by atoms with Crippen LogP contribution < -0.4 is 0 Å². The van der Waals surface area contributed by atoms with Crippen LogP contribution in [0.4, 0.5) is 4.39 Å². The van der Waals surface area contributed by atoms with E-state index in [0.717, 1.165) is 18.8 Å². The standard InChI is InChI=1S/C13H16FNOS/c1-9-7-11(14)3-4-12(9)13(16)15-5-6-17-10(2)8-15/h3-4,7,10H,5-6,8H2,1-2H3.